The summed E-state index contributed by atoms with van der Waals surface area (Å²) in [7, 11) is 0. The number of aryl methyl sites for hydroxylation is 1. The monoisotopic (exact) mass is 383 g/mol. The fraction of sp³-hybridized carbons (Fsp3) is 0.105. The Morgan fingerprint density at radius 1 is 1.15 bits per heavy atom. The molecule has 2 N–H and O–H groups in total. The van der Waals surface area contributed by atoms with E-state index in [-0.39, 0.29) is 0 Å². The summed E-state index contributed by atoms with van der Waals surface area (Å²) in [5.41, 5.74) is 6.37. The molecule has 0 fully saturated rings. The van der Waals surface area contributed by atoms with Crippen LogP contribution in [-0.4, -0.2) is 21.1 Å². The molecule has 0 aliphatic heterocycles. The number of para-hydroxylation sites is 1. The average Bonchev–Trinajstić information content (AvgIpc) is 2.96. The minimum Gasteiger partial charge on any atom is -0.357 e. The van der Waals surface area contributed by atoms with Gasteiger partial charge in [-0.3, -0.25) is 5.43 Å². The third kappa shape index (κ3) is 4.47. The first-order chi connectivity index (χ1) is 12.6. The van der Waals surface area contributed by atoms with Gasteiger partial charge in [-0.1, -0.05) is 60.1 Å². The van der Waals surface area contributed by atoms with Gasteiger partial charge in [0.25, 0.3) is 0 Å². The zero-order chi connectivity index (χ0) is 18.4. The largest absolute Gasteiger partial charge is 0.357 e. The van der Waals surface area contributed by atoms with Crippen molar-refractivity contribution in [1.82, 2.24) is 20.5 Å². The van der Waals surface area contributed by atoms with Gasteiger partial charge in [-0.15, -0.1) is 0 Å². The van der Waals surface area contributed by atoms with E-state index >= 15 is 0 Å². The molecule has 0 atom stereocenters. The van der Waals surface area contributed by atoms with E-state index in [4.69, 9.17) is 23.8 Å². The summed E-state index contributed by atoms with van der Waals surface area (Å²) in [6.45, 7) is 2.52. The Morgan fingerprint density at radius 2 is 1.81 bits per heavy atom. The van der Waals surface area contributed by atoms with Crippen molar-refractivity contribution < 1.29 is 0 Å². The lowest BCUT2D eigenvalue weighted by molar-refractivity contribution is 0.863. The van der Waals surface area contributed by atoms with Crippen LogP contribution in [0.5, 0.6) is 0 Å². The number of benzene rings is 2. The van der Waals surface area contributed by atoms with Gasteiger partial charge < -0.3 is 5.32 Å². The van der Waals surface area contributed by atoms with Crippen molar-refractivity contribution in [3.8, 4) is 5.69 Å². The molecule has 132 valence electrons. The van der Waals surface area contributed by atoms with Gasteiger partial charge in [0, 0.05) is 6.54 Å². The molecule has 7 heteroatoms. The van der Waals surface area contributed by atoms with E-state index in [1.165, 1.54) is 0 Å². The Hall–Kier alpha value is -2.70. The summed E-state index contributed by atoms with van der Waals surface area (Å²) < 4.78 is 1.68. The number of hydrazone groups is 1. The van der Waals surface area contributed by atoms with Gasteiger partial charge in [-0.25, -0.2) is 4.68 Å². The van der Waals surface area contributed by atoms with Crippen molar-refractivity contribution in [1.29, 1.82) is 0 Å². The van der Waals surface area contributed by atoms with Crippen LogP contribution in [0.2, 0.25) is 5.15 Å². The SMILES string of the molecule is Cc1nn(-c2ccccc2)c(Cl)c1/C=N\NC(=S)NCc1ccccc1. The highest BCUT2D eigenvalue weighted by Crippen LogP contribution is 2.21. The number of aromatic nitrogens is 2. The van der Waals surface area contributed by atoms with Gasteiger partial charge in [-0.05, 0) is 36.8 Å². The molecule has 0 radical (unpaired) electrons. The highest BCUT2D eigenvalue weighted by atomic mass is 35.5. The Kier molecular flexibility index (Phi) is 5.99. The second kappa shape index (κ2) is 8.60. The molecule has 5 nitrogen and oxygen atoms in total. The normalized spacial score (nSPS) is 10.8. The summed E-state index contributed by atoms with van der Waals surface area (Å²) in [5, 5.41) is 12.7. The first-order valence-electron chi connectivity index (χ1n) is 8.06. The fourth-order valence-electron chi connectivity index (χ4n) is 2.37. The molecular weight excluding hydrogens is 366 g/mol. The molecular formula is C19H18ClN5S. The molecule has 0 aliphatic rings. The molecule has 0 bridgehead atoms. The lowest BCUT2D eigenvalue weighted by Gasteiger charge is -2.06. The summed E-state index contributed by atoms with van der Waals surface area (Å²) in [6.07, 6.45) is 1.63. The maximum absolute atomic E-state index is 6.45. The van der Waals surface area contributed by atoms with Crippen molar-refractivity contribution in [3.63, 3.8) is 0 Å². The Balaban J connectivity index is 1.62. The molecule has 0 saturated carbocycles. The van der Waals surface area contributed by atoms with E-state index in [1.54, 1.807) is 10.9 Å². The Morgan fingerprint density at radius 3 is 2.50 bits per heavy atom. The van der Waals surface area contributed by atoms with Crippen LogP contribution < -0.4 is 10.7 Å². The molecule has 2 aromatic carbocycles. The molecule has 26 heavy (non-hydrogen) atoms. The number of nitrogens with one attached hydrogen (secondary N) is 2. The topological polar surface area (TPSA) is 54.2 Å². The van der Waals surface area contributed by atoms with Crippen LogP contribution in [0, 0.1) is 6.92 Å². The van der Waals surface area contributed by atoms with Crippen molar-refractivity contribution in [2.75, 3.05) is 0 Å². The molecule has 0 saturated heterocycles. The van der Waals surface area contributed by atoms with Gasteiger partial charge in [0.1, 0.15) is 5.15 Å². The number of nitrogens with zero attached hydrogens (tertiary/aromatic N) is 3. The van der Waals surface area contributed by atoms with Crippen LogP contribution in [0.25, 0.3) is 5.69 Å². The van der Waals surface area contributed by atoms with Crippen molar-refractivity contribution in [2.45, 2.75) is 13.5 Å². The van der Waals surface area contributed by atoms with Crippen LogP contribution in [0.15, 0.2) is 65.8 Å². The van der Waals surface area contributed by atoms with E-state index in [9.17, 15) is 0 Å². The maximum atomic E-state index is 6.45. The number of hydrogen-bond acceptors (Lipinski definition) is 3. The van der Waals surface area contributed by atoms with Gasteiger partial charge in [0.2, 0.25) is 0 Å². The van der Waals surface area contributed by atoms with Crippen LogP contribution in [0.4, 0.5) is 0 Å². The summed E-state index contributed by atoms with van der Waals surface area (Å²) >= 11 is 11.7. The van der Waals surface area contributed by atoms with E-state index < -0.39 is 0 Å². The summed E-state index contributed by atoms with van der Waals surface area (Å²) in [6, 6.07) is 19.7. The van der Waals surface area contributed by atoms with Crippen molar-refractivity contribution in [3.05, 3.63) is 82.6 Å². The number of hydrogen-bond donors (Lipinski definition) is 2. The summed E-state index contributed by atoms with van der Waals surface area (Å²) in [5.74, 6) is 0. The first kappa shape index (κ1) is 18.1. The van der Waals surface area contributed by atoms with Crippen LogP contribution >= 0.6 is 23.8 Å². The summed E-state index contributed by atoms with van der Waals surface area (Å²) in [4.78, 5) is 0. The van der Waals surface area contributed by atoms with Crippen LogP contribution in [-0.2, 0) is 6.54 Å². The zero-order valence-electron chi connectivity index (χ0n) is 14.2. The third-order valence-electron chi connectivity index (χ3n) is 3.70. The molecule has 3 rings (SSSR count). The number of halogens is 1. The second-order valence-electron chi connectivity index (χ2n) is 5.58. The minimum atomic E-state index is 0.439. The quantitative estimate of drug-likeness (QED) is 0.399. The van der Waals surface area contributed by atoms with Gasteiger partial charge >= 0.3 is 0 Å². The van der Waals surface area contributed by atoms with Gasteiger partial charge in [0.05, 0.1) is 23.2 Å². The number of rotatable bonds is 5. The molecule has 0 aliphatic carbocycles. The molecule has 0 spiro atoms. The van der Waals surface area contributed by atoms with E-state index in [2.05, 4.69) is 20.9 Å². The van der Waals surface area contributed by atoms with E-state index in [0.717, 1.165) is 22.5 Å². The van der Waals surface area contributed by atoms with Crippen LogP contribution in [0.1, 0.15) is 16.8 Å². The zero-order valence-corrected chi connectivity index (χ0v) is 15.8. The lowest BCUT2D eigenvalue weighted by atomic mass is 10.2. The fourth-order valence-corrected chi connectivity index (χ4v) is 2.82. The van der Waals surface area contributed by atoms with Crippen LogP contribution in [0.3, 0.4) is 0 Å². The molecule has 3 aromatic rings. The third-order valence-corrected chi connectivity index (χ3v) is 4.30. The Bertz CT molecular complexity index is 906. The Labute approximate surface area is 162 Å². The van der Waals surface area contributed by atoms with E-state index in [0.29, 0.717) is 16.8 Å². The average molecular weight is 384 g/mol. The maximum Gasteiger partial charge on any atom is 0.187 e. The van der Waals surface area contributed by atoms with E-state index in [1.807, 2.05) is 67.6 Å². The predicted molar refractivity (Wildman–Crippen MR) is 110 cm³/mol. The molecule has 0 unspecified atom stereocenters. The van der Waals surface area contributed by atoms with Crippen molar-refractivity contribution >= 4 is 35.1 Å². The molecule has 1 aromatic heterocycles. The predicted octanol–water partition coefficient (Wildman–Crippen LogP) is 3.83. The van der Waals surface area contributed by atoms with Gasteiger partial charge in [-0.2, -0.15) is 10.2 Å². The first-order valence-corrected chi connectivity index (χ1v) is 8.85. The van der Waals surface area contributed by atoms with Crippen molar-refractivity contribution in [2.24, 2.45) is 5.10 Å². The minimum absolute atomic E-state index is 0.439. The van der Waals surface area contributed by atoms with Gasteiger partial charge in [0.15, 0.2) is 5.11 Å². The highest BCUT2D eigenvalue weighted by molar-refractivity contribution is 7.80. The lowest BCUT2D eigenvalue weighted by Crippen LogP contribution is -2.31. The molecule has 0 amide bonds. The smallest absolute Gasteiger partial charge is 0.187 e. The number of thiocarbonyl (C=S) groups is 1. The standard InChI is InChI=1S/C19H18ClN5S/c1-14-17(18(20)25(24-14)16-10-6-3-7-11-16)13-22-23-19(26)21-12-15-8-4-2-5-9-15/h2-11,13H,12H2,1H3,(H2,21,23,26)/b22-13-. The highest BCUT2D eigenvalue weighted by Gasteiger charge is 2.12. The second-order valence-corrected chi connectivity index (χ2v) is 6.34. The molecule has 1 heterocycles.